The van der Waals surface area contributed by atoms with E-state index in [1.54, 1.807) is 0 Å². The van der Waals surface area contributed by atoms with Gasteiger partial charge in [0.25, 0.3) is 0 Å². The zero-order valence-electron chi connectivity index (χ0n) is 10.6. The van der Waals surface area contributed by atoms with E-state index < -0.39 is 0 Å². The van der Waals surface area contributed by atoms with Crippen LogP contribution in [0.3, 0.4) is 0 Å². The van der Waals surface area contributed by atoms with Gasteiger partial charge in [-0.2, -0.15) is 0 Å². The van der Waals surface area contributed by atoms with Crippen molar-refractivity contribution in [3.8, 4) is 11.3 Å². The van der Waals surface area contributed by atoms with Gasteiger partial charge < -0.3 is 5.32 Å². The Morgan fingerprint density at radius 1 is 1.17 bits per heavy atom. The molecule has 0 spiro atoms. The Hall–Kier alpha value is -1.68. The van der Waals surface area contributed by atoms with E-state index in [1.165, 1.54) is 5.69 Å². The summed E-state index contributed by atoms with van der Waals surface area (Å²) in [6.45, 7) is 4.26. The lowest BCUT2D eigenvalue weighted by atomic mass is 10.1. The molecule has 2 aromatic rings. The summed E-state index contributed by atoms with van der Waals surface area (Å²) >= 11 is 0. The summed E-state index contributed by atoms with van der Waals surface area (Å²) in [5, 5.41) is 12.1. The Labute approximate surface area is 107 Å². The molecule has 2 heterocycles. The smallest absolute Gasteiger partial charge is 0.115 e. The molecule has 1 N–H and O–H groups in total. The van der Waals surface area contributed by atoms with Gasteiger partial charge in [-0.1, -0.05) is 35.5 Å². The van der Waals surface area contributed by atoms with E-state index in [4.69, 9.17) is 0 Å². The minimum atomic E-state index is 0.496. The molecule has 1 saturated heterocycles. The molecule has 1 aromatic carbocycles. The van der Waals surface area contributed by atoms with Gasteiger partial charge in [0.15, 0.2) is 0 Å². The number of hydrogen-bond donors (Lipinski definition) is 1. The van der Waals surface area contributed by atoms with Crippen LogP contribution >= 0.6 is 0 Å². The number of piperidine rings is 1. The average molecular weight is 242 g/mol. The third kappa shape index (κ3) is 2.04. The first-order chi connectivity index (χ1) is 8.86. The molecule has 4 heteroatoms. The lowest BCUT2D eigenvalue weighted by Gasteiger charge is -2.23. The summed E-state index contributed by atoms with van der Waals surface area (Å²) in [5.41, 5.74) is 3.33. The number of hydrogen-bond acceptors (Lipinski definition) is 3. The van der Waals surface area contributed by atoms with Crippen molar-refractivity contribution in [3.05, 3.63) is 36.0 Å². The molecular weight excluding hydrogens is 224 g/mol. The fourth-order valence-electron chi connectivity index (χ4n) is 2.60. The Morgan fingerprint density at radius 3 is 2.61 bits per heavy atom. The van der Waals surface area contributed by atoms with Crippen LogP contribution in [0.15, 0.2) is 30.3 Å². The monoisotopic (exact) mass is 242 g/mol. The van der Waals surface area contributed by atoms with Gasteiger partial charge in [-0.05, 0) is 32.9 Å². The van der Waals surface area contributed by atoms with Crippen molar-refractivity contribution >= 4 is 0 Å². The molecule has 3 rings (SSSR count). The first-order valence-corrected chi connectivity index (χ1v) is 6.54. The fraction of sp³-hybridized carbons (Fsp3) is 0.429. The van der Waals surface area contributed by atoms with Crippen LogP contribution in [-0.4, -0.2) is 28.1 Å². The molecule has 0 aliphatic carbocycles. The molecule has 0 radical (unpaired) electrons. The van der Waals surface area contributed by atoms with Crippen LogP contribution in [0.5, 0.6) is 0 Å². The summed E-state index contributed by atoms with van der Waals surface area (Å²) in [5.74, 6) is 0. The summed E-state index contributed by atoms with van der Waals surface area (Å²) in [6.07, 6.45) is 2.27. The molecule has 94 valence electrons. The van der Waals surface area contributed by atoms with Gasteiger partial charge in [-0.3, -0.25) is 0 Å². The zero-order chi connectivity index (χ0) is 12.4. The van der Waals surface area contributed by atoms with Gasteiger partial charge >= 0.3 is 0 Å². The molecule has 0 saturated carbocycles. The minimum Gasteiger partial charge on any atom is -0.317 e. The molecule has 0 bridgehead atoms. The molecule has 1 fully saturated rings. The molecule has 1 aromatic heterocycles. The van der Waals surface area contributed by atoms with Crippen LogP contribution in [0.2, 0.25) is 0 Å². The van der Waals surface area contributed by atoms with E-state index in [-0.39, 0.29) is 0 Å². The van der Waals surface area contributed by atoms with Crippen molar-refractivity contribution in [1.82, 2.24) is 20.3 Å². The number of nitrogens with zero attached hydrogens (tertiary/aromatic N) is 3. The molecule has 4 nitrogen and oxygen atoms in total. The van der Waals surface area contributed by atoms with E-state index in [2.05, 4.69) is 39.4 Å². The second-order valence-corrected chi connectivity index (χ2v) is 4.82. The van der Waals surface area contributed by atoms with E-state index in [0.717, 1.165) is 37.2 Å². The predicted molar refractivity (Wildman–Crippen MR) is 71.3 cm³/mol. The predicted octanol–water partition coefficient (Wildman–Crippen LogP) is 2.18. The van der Waals surface area contributed by atoms with Crippen molar-refractivity contribution in [2.75, 3.05) is 13.1 Å². The van der Waals surface area contributed by atoms with Crippen LogP contribution in [0.4, 0.5) is 0 Å². The van der Waals surface area contributed by atoms with Crippen molar-refractivity contribution in [2.24, 2.45) is 0 Å². The molecule has 1 aliphatic heterocycles. The first kappa shape index (κ1) is 11.4. The van der Waals surface area contributed by atoms with Gasteiger partial charge in [0.2, 0.25) is 0 Å². The number of benzene rings is 1. The highest BCUT2D eigenvalue weighted by Gasteiger charge is 2.20. The first-order valence-electron chi connectivity index (χ1n) is 6.54. The second-order valence-electron chi connectivity index (χ2n) is 4.82. The average Bonchev–Trinajstić information content (AvgIpc) is 2.83. The lowest BCUT2D eigenvalue weighted by Crippen LogP contribution is -2.30. The standard InChI is InChI=1S/C14H18N4/c1-11-14(12-5-3-2-4-6-12)16-17-18(11)13-7-9-15-10-8-13/h2-6,13,15H,7-10H2,1H3. The minimum absolute atomic E-state index is 0.496. The van der Waals surface area contributed by atoms with Crippen molar-refractivity contribution in [1.29, 1.82) is 0 Å². The van der Waals surface area contributed by atoms with Gasteiger partial charge in [-0.25, -0.2) is 4.68 Å². The molecule has 0 amide bonds. The highest BCUT2D eigenvalue weighted by molar-refractivity contribution is 5.60. The topological polar surface area (TPSA) is 42.7 Å². The Balaban J connectivity index is 1.92. The maximum Gasteiger partial charge on any atom is 0.115 e. The summed E-state index contributed by atoms with van der Waals surface area (Å²) in [6, 6.07) is 10.8. The largest absolute Gasteiger partial charge is 0.317 e. The van der Waals surface area contributed by atoms with Crippen LogP contribution in [0, 0.1) is 6.92 Å². The second kappa shape index (κ2) is 4.90. The maximum atomic E-state index is 4.35. The van der Waals surface area contributed by atoms with Crippen molar-refractivity contribution in [3.63, 3.8) is 0 Å². The van der Waals surface area contributed by atoms with Crippen molar-refractivity contribution in [2.45, 2.75) is 25.8 Å². The molecule has 1 aliphatic rings. The molecular formula is C14H18N4. The quantitative estimate of drug-likeness (QED) is 0.877. The number of rotatable bonds is 2. The van der Waals surface area contributed by atoms with E-state index in [0.29, 0.717) is 6.04 Å². The normalized spacial score (nSPS) is 16.9. The molecule has 0 atom stereocenters. The van der Waals surface area contributed by atoms with Crippen LogP contribution in [0.1, 0.15) is 24.6 Å². The Bertz CT molecular complexity index is 512. The summed E-state index contributed by atoms with van der Waals surface area (Å²) < 4.78 is 2.10. The van der Waals surface area contributed by atoms with Gasteiger partial charge in [0.05, 0.1) is 11.7 Å². The number of aromatic nitrogens is 3. The number of nitrogens with one attached hydrogen (secondary N) is 1. The zero-order valence-corrected chi connectivity index (χ0v) is 10.6. The Kier molecular flexibility index (Phi) is 3.11. The van der Waals surface area contributed by atoms with Gasteiger partial charge in [-0.15, -0.1) is 5.10 Å². The van der Waals surface area contributed by atoms with Gasteiger partial charge in [0.1, 0.15) is 5.69 Å². The van der Waals surface area contributed by atoms with Crippen LogP contribution in [-0.2, 0) is 0 Å². The summed E-state index contributed by atoms with van der Waals surface area (Å²) in [7, 11) is 0. The highest BCUT2D eigenvalue weighted by Crippen LogP contribution is 2.25. The highest BCUT2D eigenvalue weighted by atomic mass is 15.4. The van der Waals surface area contributed by atoms with E-state index in [1.807, 2.05) is 18.2 Å². The van der Waals surface area contributed by atoms with Crippen LogP contribution < -0.4 is 5.32 Å². The van der Waals surface area contributed by atoms with Crippen LogP contribution in [0.25, 0.3) is 11.3 Å². The third-order valence-electron chi connectivity index (χ3n) is 3.63. The fourth-order valence-corrected chi connectivity index (χ4v) is 2.60. The lowest BCUT2D eigenvalue weighted by molar-refractivity contribution is 0.333. The van der Waals surface area contributed by atoms with Crippen molar-refractivity contribution < 1.29 is 0 Å². The third-order valence-corrected chi connectivity index (χ3v) is 3.63. The SMILES string of the molecule is Cc1c(-c2ccccc2)nnn1C1CCNCC1. The molecule has 18 heavy (non-hydrogen) atoms. The maximum absolute atomic E-state index is 4.35. The van der Waals surface area contributed by atoms with E-state index >= 15 is 0 Å². The van der Waals surface area contributed by atoms with Gasteiger partial charge in [0, 0.05) is 5.56 Å². The summed E-state index contributed by atoms with van der Waals surface area (Å²) in [4.78, 5) is 0. The van der Waals surface area contributed by atoms with E-state index in [9.17, 15) is 0 Å². The molecule has 0 unspecified atom stereocenters. The Morgan fingerprint density at radius 2 is 1.89 bits per heavy atom.